The fourth-order valence-corrected chi connectivity index (χ4v) is 3.31. The molecule has 27 heavy (non-hydrogen) atoms. The maximum atomic E-state index is 12.7. The summed E-state index contributed by atoms with van der Waals surface area (Å²) in [5.74, 6) is 0.112. The van der Waals surface area contributed by atoms with Gasteiger partial charge in [0.2, 0.25) is 11.8 Å². The van der Waals surface area contributed by atoms with E-state index in [1.807, 2.05) is 0 Å². The molecule has 1 aliphatic heterocycles. The quantitative estimate of drug-likeness (QED) is 0.528. The first-order valence-corrected chi connectivity index (χ1v) is 10.3. The number of carbonyl (C=O) groups excluding carboxylic acids is 2. The van der Waals surface area contributed by atoms with Crippen LogP contribution in [0.25, 0.3) is 0 Å². The first-order chi connectivity index (χ1) is 13.2. The first kappa shape index (κ1) is 21.4. The Bertz CT molecular complexity index is 541. The smallest absolute Gasteiger partial charge is 0.245 e. The number of unbranched alkanes of at least 4 members (excludes halogenated alkanes) is 6. The molecule has 0 aromatic carbocycles. The van der Waals surface area contributed by atoms with Crippen LogP contribution in [-0.2, 0) is 14.3 Å². The molecule has 1 unspecified atom stereocenters. The zero-order valence-corrected chi connectivity index (χ0v) is 16.5. The van der Waals surface area contributed by atoms with Gasteiger partial charge in [-0.2, -0.15) is 0 Å². The maximum Gasteiger partial charge on any atom is 0.245 e. The lowest BCUT2D eigenvalue weighted by atomic mass is 10.1. The van der Waals surface area contributed by atoms with E-state index in [1.54, 1.807) is 11.0 Å². The number of ether oxygens (including phenoxy) is 1. The van der Waals surface area contributed by atoms with Gasteiger partial charge in [-0.25, -0.2) is 0 Å². The Hall–Kier alpha value is -1.89. The summed E-state index contributed by atoms with van der Waals surface area (Å²) in [5, 5.41) is 6.32. The number of amides is 2. The second kappa shape index (κ2) is 12.5. The average molecular weight is 380 g/mol. The zero-order valence-electron chi connectivity index (χ0n) is 16.5. The summed E-state index contributed by atoms with van der Waals surface area (Å²) in [5.41, 5.74) is 0. The Morgan fingerprint density at radius 1 is 1.22 bits per heavy atom. The van der Waals surface area contributed by atoms with Crippen molar-refractivity contribution in [3.63, 3.8) is 0 Å². The third kappa shape index (κ3) is 8.56. The molecule has 1 atom stereocenters. The summed E-state index contributed by atoms with van der Waals surface area (Å²) >= 11 is 0. The van der Waals surface area contributed by atoms with E-state index in [0.29, 0.717) is 18.8 Å². The lowest BCUT2D eigenvalue weighted by Gasteiger charge is -2.25. The van der Waals surface area contributed by atoms with Gasteiger partial charge in [-0.3, -0.25) is 9.59 Å². The summed E-state index contributed by atoms with van der Waals surface area (Å²) in [7, 11) is 0. The minimum atomic E-state index is -0.269. The summed E-state index contributed by atoms with van der Waals surface area (Å²) in [4.78, 5) is 26.5. The van der Waals surface area contributed by atoms with Gasteiger partial charge in [0, 0.05) is 25.6 Å². The molecule has 2 amide bonds. The summed E-state index contributed by atoms with van der Waals surface area (Å²) in [6.45, 7) is 3.43. The second-order valence-corrected chi connectivity index (χ2v) is 7.21. The number of carbonyl (C=O) groups is 2. The third-order valence-corrected chi connectivity index (χ3v) is 4.83. The highest BCUT2D eigenvalue weighted by Crippen LogP contribution is 2.15. The van der Waals surface area contributed by atoms with Crippen molar-refractivity contribution < 1.29 is 18.8 Å². The van der Waals surface area contributed by atoms with Gasteiger partial charge in [-0.15, -0.1) is 0 Å². The van der Waals surface area contributed by atoms with Crippen LogP contribution < -0.4 is 5.32 Å². The monoisotopic (exact) mass is 379 g/mol. The van der Waals surface area contributed by atoms with Gasteiger partial charge in [-0.1, -0.05) is 50.6 Å². The second-order valence-electron chi connectivity index (χ2n) is 7.21. The minimum Gasteiger partial charge on any atom is -0.376 e. The largest absolute Gasteiger partial charge is 0.376 e. The Balaban J connectivity index is 1.75. The molecule has 1 aliphatic rings. The van der Waals surface area contributed by atoms with E-state index >= 15 is 0 Å². The molecule has 2 heterocycles. The Labute approximate surface area is 161 Å². The highest BCUT2D eigenvalue weighted by Gasteiger charge is 2.24. The molecule has 0 bridgehead atoms. The molecule has 7 nitrogen and oxygen atoms in total. The SMILES string of the molecule is CCCCCCCCCC(=O)N(CC(=O)Nc1ccon1)CC1CCCO1. The molecule has 1 saturated heterocycles. The molecule has 0 saturated carbocycles. The number of nitrogens with one attached hydrogen (secondary N) is 1. The van der Waals surface area contributed by atoms with Gasteiger partial charge in [-0.05, 0) is 19.3 Å². The van der Waals surface area contributed by atoms with Crippen LogP contribution in [0.1, 0.15) is 71.1 Å². The van der Waals surface area contributed by atoms with Crippen LogP contribution in [0.3, 0.4) is 0 Å². The first-order valence-electron chi connectivity index (χ1n) is 10.3. The topological polar surface area (TPSA) is 84.7 Å². The highest BCUT2D eigenvalue weighted by molar-refractivity contribution is 5.93. The molecule has 2 rings (SSSR count). The average Bonchev–Trinajstić information content (AvgIpc) is 3.34. The van der Waals surface area contributed by atoms with Crippen molar-refractivity contribution in [2.45, 2.75) is 77.2 Å². The number of rotatable bonds is 13. The molecule has 1 fully saturated rings. The van der Waals surface area contributed by atoms with E-state index in [1.165, 1.54) is 38.4 Å². The van der Waals surface area contributed by atoms with Crippen LogP contribution in [0.5, 0.6) is 0 Å². The van der Waals surface area contributed by atoms with Crippen molar-refractivity contribution in [1.82, 2.24) is 10.1 Å². The summed E-state index contributed by atoms with van der Waals surface area (Å²) < 4.78 is 10.4. The van der Waals surface area contributed by atoms with Crippen molar-refractivity contribution in [3.8, 4) is 0 Å². The van der Waals surface area contributed by atoms with Crippen molar-refractivity contribution in [2.75, 3.05) is 25.0 Å². The third-order valence-electron chi connectivity index (χ3n) is 4.83. The lowest BCUT2D eigenvalue weighted by Crippen LogP contribution is -2.42. The standard InChI is InChI=1S/C20H33N3O4/c1-2-3-4-5-6-7-8-11-20(25)23(15-17-10-9-13-26-17)16-19(24)21-18-12-14-27-22-18/h12,14,17H,2-11,13,15-16H2,1H3,(H,21,22,24). The molecular weight excluding hydrogens is 346 g/mol. The zero-order chi connectivity index (χ0) is 19.3. The van der Waals surface area contributed by atoms with Crippen LogP contribution in [0.2, 0.25) is 0 Å². The van der Waals surface area contributed by atoms with Gasteiger partial charge in [0.15, 0.2) is 5.82 Å². The highest BCUT2D eigenvalue weighted by atomic mass is 16.5. The summed E-state index contributed by atoms with van der Waals surface area (Å²) in [6, 6.07) is 1.57. The minimum absolute atomic E-state index is 0.0159. The van der Waals surface area contributed by atoms with Gasteiger partial charge >= 0.3 is 0 Å². The van der Waals surface area contributed by atoms with E-state index in [0.717, 1.165) is 32.3 Å². The van der Waals surface area contributed by atoms with Gasteiger partial charge in [0.25, 0.3) is 0 Å². The molecule has 0 spiro atoms. The van der Waals surface area contributed by atoms with Crippen molar-refractivity contribution >= 4 is 17.6 Å². The van der Waals surface area contributed by atoms with Crippen molar-refractivity contribution in [3.05, 3.63) is 12.3 Å². The number of hydrogen-bond donors (Lipinski definition) is 1. The lowest BCUT2D eigenvalue weighted by molar-refractivity contribution is -0.136. The normalized spacial score (nSPS) is 16.4. The Kier molecular flexibility index (Phi) is 9.90. The van der Waals surface area contributed by atoms with Crippen LogP contribution in [0.4, 0.5) is 5.82 Å². The molecule has 1 aromatic rings. The van der Waals surface area contributed by atoms with Crippen molar-refractivity contribution in [1.29, 1.82) is 0 Å². The fraction of sp³-hybridized carbons (Fsp3) is 0.750. The van der Waals surface area contributed by atoms with Gasteiger partial charge in [0.05, 0.1) is 12.6 Å². The predicted octanol–water partition coefficient (Wildman–Crippen LogP) is 3.76. The molecule has 152 valence electrons. The number of anilines is 1. The summed E-state index contributed by atoms with van der Waals surface area (Å²) in [6.07, 6.45) is 12.0. The molecule has 0 radical (unpaired) electrons. The predicted molar refractivity (Wildman–Crippen MR) is 103 cm³/mol. The van der Waals surface area contributed by atoms with E-state index in [2.05, 4.69) is 17.4 Å². The van der Waals surface area contributed by atoms with Crippen LogP contribution in [-0.4, -0.2) is 47.7 Å². The molecular formula is C20H33N3O4. The van der Waals surface area contributed by atoms with Crippen LogP contribution in [0, 0.1) is 0 Å². The Morgan fingerprint density at radius 3 is 2.67 bits per heavy atom. The van der Waals surface area contributed by atoms with Crippen molar-refractivity contribution in [2.24, 2.45) is 0 Å². The van der Waals surface area contributed by atoms with Gasteiger partial charge in [0.1, 0.15) is 6.26 Å². The van der Waals surface area contributed by atoms with Gasteiger partial charge < -0.3 is 19.5 Å². The van der Waals surface area contributed by atoms with Crippen LogP contribution >= 0.6 is 0 Å². The number of nitrogens with zero attached hydrogens (tertiary/aromatic N) is 2. The Morgan fingerprint density at radius 2 is 2.00 bits per heavy atom. The molecule has 0 aliphatic carbocycles. The van der Waals surface area contributed by atoms with E-state index < -0.39 is 0 Å². The van der Waals surface area contributed by atoms with E-state index in [4.69, 9.17) is 9.26 Å². The number of hydrogen-bond acceptors (Lipinski definition) is 5. The molecule has 7 heteroatoms. The van der Waals surface area contributed by atoms with E-state index in [-0.39, 0.29) is 24.5 Å². The fourth-order valence-electron chi connectivity index (χ4n) is 3.31. The molecule has 1 N–H and O–H groups in total. The van der Waals surface area contributed by atoms with Crippen LogP contribution in [0.15, 0.2) is 16.9 Å². The van der Waals surface area contributed by atoms with E-state index in [9.17, 15) is 9.59 Å². The maximum absolute atomic E-state index is 12.7. The number of aromatic nitrogens is 1. The molecule has 1 aromatic heterocycles.